The lowest BCUT2D eigenvalue weighted by atomic mass is 10.1. The molecule has 0 radical (unpaired) electrons. The molecular weight excluding hydrogens is 320 g/mol. The van der Waals surface area contributed by atoms with Crippen molar-refractivity contribution in [3.63, 3.8) is 0 Å². The number of anilines is 1. The molecule has 4 nitrogen and oxygen atoms in total. The molecule has 2 unspecified atom stereocenters. The van der Waals surface area contributed by atoms with E-state index in [0.717, 1.165) is 4.47 Å². The van der Waals surface area contributed by atoms with Crippen LogP contribution in [-0.2, 0) is 0 Å². The molecule has 0 heterocycles. The van der Waals surface area contributed by atoms with E-state index >= 15 is 0 Å². The van der Waals surface area contributed by atoms with E-state index in [9.17, 15) is 4.79 Å². The number of carbonyl (C=O) groups is 1. The molecule has 18 heavy (non-hydrogen) atoms. The van der Waals surface area contributed by atoms with Crippen LogP contribution in [-0.4, -0.2) is 23.8 Å². The molecule has 2 amide bonds. The van der Waals surface area contributed by atoms with Gasteiger partial charge >= 0.3 is 6.03 Å². The highest BCUT2D eigenvalue weighted by Crippen LogP contribution is 2.25. The Bertz CT molecular complexity index is 429. The van der Waals surface area contributed by atoms with E-state index in [2.05, 4.69) is 26.6 Å². The summed E-state index contributed by atoms with van der Waals surface area (Å²) < 4.78 is 0.721. The number of hydrogen-bond donors (Lipinski definition) is 3. The average Bonchev–Trinajstić information content (AvgIpc) is 2.32. The summed E-state index contributed by atoms with van der Waals surface area (Å²) in [6, 6.07) is 4.72. The summed E-state index contributed by atoms with van der Waals surface area (Å²) in [6.07, 6.45) is 0. The Morgan fingerprint density at radius 3 is 2.72 bits per heavy atom. The first-order chi connectivity index (χ1) is 8.43. The smallest absolute Gasteiger partial charge is 0.319 e. The van der Waals surface area contributed by atoms with Crippen molar-refractivity contribution >= 4 is 39.2 Å². The van der Waals surface area contributed by atoms with Crippen molar-refractivity contribution in [1.29, 1.82) is 0 Å². The van der Waals surface area contributed by atoms with Crippen LogP contribution in [0, 0.1) is 5.92 Å². The van der Waals surface area contributed by atoms with E-state index in [1.54, 1.807) is 18.2 Å². The predicted octanol–water partition coefficient (Wildman–Crippen LogP) is 3.24. The van der Waals surface area contributed by atoms with Gasteiger partial charge in [-0.15, -0.1) is 0 Å². The molecule has 0 spiro atoms. The lowest BCUT2D eigenvalue weighted by Gasteiger charge is -2.19. The molecule has 0 aliphatic rings. The highest BCUT2D eigenvalue weighted by atomic mass is 79.9. The SMILES string of the molecule is CC(CO)C(C)NC(=O)Nc1ccc(Cl)c(Br)c1. The Balaban J connectivity index is 2.57. The molecule has 6 heteroatoms. The summed E-state index contributed by atoms with van der Waals surface area (Å²) in [5.41, 5.74) is 0.646. The van der Waals surface area contributed by atoms with E-state index in [-0.39, 0.29) is 24.6 Å². The quantitative estimate of drug-likeness (QED) is 0.791. The third kappa shape index (κ3) is 4.48. The van der Waals surface area contributed by atoms with Crippen LogP contribution in [0.4, 0.5) is 10.5 Å². The van der Waals surface area contributed by atoms with Crippen LogP contribution < -0.4 is 10.6 Å². The first-order valence-corrected chi connectivity index (χ1v) is 6.74. The third-order valence-corrected chi connectivity index (χ3v) is 3.89. The minimum atomic E-state index is -0.308. The Hall–Kier alpha value is -0.780. The zero-order valence-corrected chi connectivity index (χ0v) is 12.5. The number of urea groups is 1. The molecule has 1 rings (SSSR count). The van der Waals surface area contributed by atoms with Crippen LogP contribution in [0.3, 0.4) is 0 Å². The van der Waals surface area contributed by atoms with Crippen molar-refractivity contribution < 1.29 is 9.90 Å². The molecule has 0 aliphatic heterocycles. The first kappa shape index (κ1) is 15.3. The van der Waals surface area contributed by atoms with E-state index < -0.39 is 0 Å². The minimum absolute atomic E-state index is 0.00713. The van der Waals surface area contributed by atoms with Gasteiger partial charge in [-0.25, -0.2) is 4.79 Å². The zero-order chi connectivity index (χ0) is 13.7. The van der Waals surface area contributed by atoms with Crippen molar-refractivity contribution in [3.8, 4) is 0 Å². The van der Waals surface area contributed by atoms with Gasteiger partial charge in [0.05, 0.1) is 5.02 Å². The molecule has 3 N–H and O–H groups in total. The number of halogens is 2. The lowest BCUT2D eigenvalue weighted by molar-refractivity contribution is 0.204. The second-order valence-corrected chi connectivity index (χ2v) is 5.44. The molecule has 1 aromatic carbocycles. The summed E-state index contributed by atoms with van der Waals surface area (Å²) in [7, 11) is 0. The third-order valence-electron chi connectivity index (χ3n) is 2.68. The van der Waals surface area contributed by atoms with Gasteiger partial charge in [-0.05, 0) is 47.0 Å². The van der Waals surface area contributed by atoms with Gasteiger partial charge in [0.1, 0.15) is 0 Å². The van der Waals surface area contributed by atoms with Gasteiger partial charge in [-0.1, -0.05) is 18.5 Å². The molecule has 0 aliphatic carbocycles. The Morgan fingerprint density at radius 2 is 2.17 bits per heavy atom. The Labute approximate surface area is 120 Å². The van der Waals surface area contributed by atoms with E-state index in [0.29, 0.717) is 10.7 Å². The van der Waals surface area contributed by atoms with Crippen LogP contribution >= 0.6 is 27.5 Å². The number of aliphatic hydroxyl groups excluding tert-OH is 1. The summed E-state index contributed by atoms with van der Waals surface area (Å²) in [6.45, 7) is 3.75. The van der Waals surface area contributed by atoms with Crippen molar-refractivity contribution in [1.82, 2.24) is 5.32 Å². The lowest BCUT2D eigenvalue weighted by Crippen LogP contribution is -2.40. The van der Waals surface area contributed by atoms with E-state index in [1.165, 1.54) is 0 Å². The summed E-state index contributed by atoms with van der Waals surface area (Å²) in [5, 5.41) is 15.0. The second-order valence-electron chi connectivity index (χ2n) is 4.18. The maximum absolute atomic E-state index is 11.7. The highest BCUT2D eigenvalue weighted by Gasteiger charge is 2.13. The molecular formula is C12H16BrClN2O2. The maximum atomic E-state index is 11.7. The fraction of sp³-hybridized carbons (Fsp3) is 0.417. The molecule has 100 valence electrons. The number of benzene rings is 1. The van der Waals surface area contributed by atoms with Crippen LogP contribution in [0.25, 0.3) is 0 Å². The molecule has 2 atom stereocenters. The molecule has 0 aromatic heterocycles. The number of aliphatic hydroxyl groups is 1. The number of nitrogens with one attached hydrogen (secondary N) is 2. The van der Waals surface area contributed by atoms with Crippen molar-refractivity contribution in [2.45, 2.75) is 19.9 Å². The standard InChI is InChI=1S/C12H16BrClN2O2/c1-7(6-17)8(2)15-12(18)16-9-3-4-11(14)10(13)5-9/h3-5,7-8,17H,6H2,1-2H3,(H2,15,16,18). The minimum Gasteiger partial charge on any atom is -0.396 e. The van der Waals surface area contributed by atoms with Crippen molar-refractivity contribution in [3.05, 3.63) is 27.7 Å². The van der Waals surface area contributed by atoms with E-state index in [1.807, 2.05) is 13.8 Å². The highest BCUT2D eigenvalue weighted by molar-refractivity contribution is 9.10. The second kappa shape index (κ2) is 6.97. The van der Waals surface area contributed by atoms with Gasteiger partial charge in [-0.2, -0.15) is 0 Å². The van der Waals surface area contributed by atoms with E-state index in [4.69, 9.17) is 16.7 Å². The largest absolute Gasteiger partial charge is 0.396 e. The fourth-order valence-corrected chi connectivity index (χ4v) is 1.74. The summed E-state index contributed by atoms with van der Waals surface area (Å²) >= 11 is 9.14. The van der Waals surface area contributed by atoms with Gasteiger partial charge in [0.15, 0.2) is 0 Å². The molecule has 0 saturated heterocycles. The van der Waals surface area contributed by atoms with Crippen LogP contribution in [0.15, 0.2) is 22.7 Å². The zero-order valence-electron chi connectivity index (χ0n) is 10.2. The van der Waals surface area contributed by atoms with Crippen molar-refractivity contribution in [2.24, 2.45) is 5.92 Å². The summed E-state index contributed by atoms with van der Waals surface area (Å²) in [5.74, 6) is 0.00713. The van der Waals surface area contributed by atoms with Crippen LogP contribution in [0.5, 0.6) is 0 Å². The number of amides is 2. The first-order valence-electron chi connectivity index (χ1n) is 5.57. The maximum Gasteiger partial charge on any atom is 0.319 e. The number of hydrogen-bond acceptors (Lipinski definition) is 2. The molecule has 0 saturated carbocycles. The fourth-order valence-electron chi connectivity index (χ4n) is 1.25. The molecule has 0 bridgehead atoms. The molecule has 1 aromatic rings. The molecule has 0 fully saturated rings. The van der Waals surface area contributed by atoms with Gasteiger partial charge in [0.25, 0.3) is 0 Å². The van der Waals surface area contributed by atoms with Gasteiger partial charge < -0.3 is 15.7 Å². The normalized spacial score (nSPS) is 13.8. The van der Waals surface area contributed by atoms with Gasteiger partial charge in [0.2, 0.25) is 0 Å². The van der Waals surface area contributed by atoms with Gasteiger partial charge in [-0.3, -0.25) is 0 Å². The number of rotatable bonds is 4. The van der Waals surface area contributed by atoms with Crippen LogP contribution in [0.2, 0.25) is 5.02 Å². The Kier molecular flexibility index (Phi) is 5.91. The number of carbonyl (C=O) groups excluding carboxylic acids is 1. The summed E-state index contributed by atoms with van der Waals surface area (Å²) in [4.78, 5) is 11.7. The van der Waals surface area contributed by atoms with Crippen LogP contribution in [0.1, 0.15) is 13.8 Å². The van der Waals surface area contributed by atoms with Crippen molar-refractivity contribution in [2.75, 3.05) is 11.9 Å². The topological polar surface area (TPSA) is 61.4 Å². The monoisotopic (exact) mass is 334 g/mol. The Morgan fingerprint density at radius 1 is 1.50 bits per heavy atom. The van der Waals surface area contributed by atoms with Gasteiger partial charge in [0, 0.05) is 22.8 Å². The average molecular weight is 336 g/mol. The predicted molar refractivity (Wildman–Crippen MR) is 77.0 cm³/mol.